The number of amides is 2. The summed E-state index contributed by atoms with van der Waals surface area (Å²) in [4.78, 5) is 40.8. The summed E-state index contributed by atoms with van der Waals surface area (Å²) >= 11 is 1.48. The van der Waals surface area contributed by atoms with Crippen LogP contribution >= 0.6 is 11.3 Å². The van der Waals surface area contributed by atoms with Crippen LogP contribution in [-0.2, 0) is 22.4 Å². The van der Waals surface area contributed by atoms with E-state index >= 15 is 0 Å². The molecule has 1 fully saturated rings. The molecule has 9 heteroatoms. The van der Waals surface area contributed by atoms with Crippen LogP contribution in [0.3, 0.4) is 0 Å². The summed E-state index contributed by atoms with van der Waals surface area (Å²) in [6.45, 7) is 3.76. The van der Waals surface area contributed by atoms with Crippen molar-refractivity contribution in [1.29, 1.82) is 0 Å². The Hall–Kier alpha value is -2.78. The second kappa shape index (κ2) is 10.7. The third-order valence-corrected chi connectivity index (χ3v) is 7.72. The number of likely N-dealkylation sites (tertiary alicyclic amines) is 1. The first-order chi connectivity index (χ1) is 16.3. The van der Waals surface area contributed by atoms with Gasteiger partial charge in [-0.05, 0) is 67.9 Å². The Kier molecular flexibility index (Phi) is 7.63. The number of carbonyl (C=O) groups is 3. The molecule has 1 saturated heterocycles. The van der Waals surface area contributed by atoms with Crippen molar-refractivity contribution in [3.05, 3.63) is 51.7 Å². The van der Waals surface area contributed by atoms with E-state index in [0.29, 0.717) is 35.1 Å². The normalized spacial score (nSPS) is 18.7. The molecule has 7 nitrogen and oxygen atoms in total. The highest BCUT2D eigenvalue weighted by Crippen LogP contribution is 2.40. The summed E-state index contributed by atoms with van der Waals surface area (Å²) in [7, 11) is 1.36. The van der Waals surface area contributed by atoms with Gasteiger partial charge >= 0.3 is 5.97 Å². The van der Waals surface area contributed by atoms with Crippen molar-refractivity contribution in [2.45, 2.75) is 45.1 Å². The van der Waals surface area contributed by atoms with E-state index in [1.54, 1.807) is 0 Å². The van der Waals surface area contributed by atoms with Crippen LogP contribution in [0, 0.1) is 11.7 Å². The Morgan fingerprint density at radius 3 is 2.53 bits per heavy atom. The van der Waals surface area contributed by atoms with Gasteiger partial charge in [0.25, 0.3) is 5.91 Å². The van der Waals surface area contributed by atoms with Crippen LogP contribution in [0.4, 0.5) is 9.39 Å². The van der Waals surface area contributed by atoms with E-state index in [1.165, 1.54) is 42.7 Å². The molecule has 2 aromatic rings. The standard InChI is InChI=1S/C25H30FN3O4S/c1-15-3-8-19-20(13-15)34-24(22(19)25(32)33-2)28-21(30)14-29-11-9-18(10-12-29)27-23(31)16-4-6-17(26)7-5-16/h4-7,15,18H,3,8-14H2,1-2H3,(H,27,31)(H,28,30). The van der Waals surface area contributed by atoms with E-state index in [1.807, 2.05) is 4.90 Å². The zero-order chi connectivity index (χ0) is 24.2. The number of rotatable bonds is 6. The van der Waals surface area contributed by atoms with Crippen LogP contribution < -0.4 is 10.6 Å². The van der Waals surface area contributed by atoms with Crippen molar-refractivity contribution in [2.75, 3.05) is 32.1 Å². The Bertz CT molecular complexity index is 1060. The van der Waals surface area contributed by atoms with Gasteiger partial charge < -0.3 is 15.4 Å². The first-order valence-electron chi connectivity index (χ1n) is 11.7. The fourth-order valence-electron chi connectivity index (χ4n) is 4.63. The third kappa shape index (κ3) is 5.64. The first-order valence-corrected chi connectivity index (χ1v) is 12.5. The third-order valence-electron chi connectivity index (χ3n) is 6.55. The van der Waals surface area contributed by atoms with Crippen LogP contribution in [-0.4, -0.2) is 55.5 Å². The lowest BCUT2D eigenvalue weighted by molar-refractivity contribution is -0.117. The number of anilines is 1. The molecule has 2 N–H and O–H groups in total. The van der Waals surface area contributed by atoms with Crippen LogP contribution in [0.1, 0.15) is 57.3 Å². The van der Waals surface area contributed by atoms with Gasteiger partial charge in [0.1, 0.15) is 10.8 Å². The van der Waals surface area contributed by atoms with Gasteiger partial charge in [-0.1, -0.05) is 6.92 Å². The largest absolute Gasteiger partial charge is 0.465 e. The molecule has 0 bridgehead atoms. The number of ether oxygens (including phenoxy) is 1. The van der Waals surface area contributed by atoms with Gasteiger partial charge in [0.05, 0.1) is 19.2 Å². The van der Waals surface area contributed by atoms with Crippen LogP contribution in [0.2, 0.25) is 0 Å². The molecule has 2 amide bonds. The highest BCUT2D eigenvalue weighted by atomic mass is 32.1. The van der Waals surface area contributed by atoms with Crippen molar-refractivity contribution < 1.29 is 23.5 Å². The number of halogens is 1. The number of benzene rings is 1. The number of esters is 1. The quantitative estimate of drug-likeness (QED) is 0.608. The zero-order valence-electron chi connectivity index (χ0n) is 19.5. The molecule has 0 saturated carbocycles. The Labute approximate surface area is 202 Å². The Balaban J connectivity index is 1.30. The highest BCUT2D eigenvalue weighted by Gasteiger charge is 2.29. The molecule has 0 radical (unpaired) electrons. The van der Waals surface area contributed by atoms with E-state index in [4.69, 9.17) is 4.74 Å². The van der Waals surface area contributed by atoms with E-state index in [0.717, 1.165) is 42.5 Å². The fourth-order valence-corrected chi connectivity index (χ4v) is 6.05. The molecular formula is C25H30FN3O4S. The van der Waals surface area contributed by atoms with Crippen LogP contribution in [0.25, 0.3) is 0 Å². The minimum atomic E-state index is -0.403. The Morgan fingerprint density at radius 1 is 1.15 bits per heavy atom. The monoisotopic (exact) mass is 487 g/mol. The topological polar surface area (TPSA) is 87.7 Å². The minimum absolute atomic E-state index is 0.00815. The summed E-state index contributed by atoms with van der Waals surface area (Å²) in [6.07, 6.45) is 4.20. The van der Waals surface area contributed by atoms with Gasteiger partial charge in [-0.15, -0.1) is 11.3 Å². The summed E-state index contributed by atoms with van der Waals surface area (Å²) < 4.78 is 18.1. The molecule has 1 aromatic carbocycles. The van der Waals surface area contributed by atoms with Crippen LogP contribution in [0.15, 0.2) is 24.3 Å². The molecule has 4 rings (SSSR count). The zero-order valence-corrected chi connectivity index (χ0v) is 20.3. The van der Waals surface area contributed by atoms with Crippen molar-refractivity contribution in [3.8, 4) is 0 Å². The van der Waals surface area contributed by atoms with Gasteiger partial charge in [-0.3, -0.25) is 14.5 Å². The van der Waals surface area contributed by atoms with E-state index in [2.05, 4.69) is 17.6 Å². The lowest BCUT2D eigenvalue weighted by Crippen LogP contribution is -2.46. The van der Waals surface area contributed by atoms with Gasteiger partial charge in [-0.25, -0.2) is 9.18 Å². The number of hydrogen-bond donors (Lipinski definition) is 2. The maximum absolute atomic E-state index is 13.1. The number of piperidine rings is 1. The minimum Gasteiger partial charge on any atom is -0.465 e. The average Bonchev–Trinajstić information content (AvgIpc) is 3.16. The van der Waals surface area contributed by atoms with Gasteiger partial charge in [0.2, 0.25) is 5.91 Å². The summed E-state index contributed by atoms with van der Waals surface area (Å²) in [5.41, 5.74) is 1.95. The van der Waals surface area contributed by atoms with Crippen LogP contribution in [0.5, 0.6) is 0 Å². The number of hydrogen-bond acceptors (Lipinski definition) is 6. The van der Waals surface area contributed by atoms with Gasteiger partial charge in [-0.2, -0.15) is 0 Å². The summed E-state index contributed by atoms with van der Waals surface area (Å²) in [6, 6.07) is 5.48. The fraction of sp³-hybridized carbons (Fsp3) is 0.480. The number of carbonyl (C=O) groups excluding carboxylic acids is 3. The predicted octanol–water partition coefficient (Wildman–Crippen LogP) is 3.63. The lowest BCUT2D eigenvalue weighted by Gasteiger charge is -2.31. The lowest BCUT2D eigenvalue weighted by atomic mass is 9.88. The molecule has 1 aromatic heterocycles. The smallest absolute Gasteiger partial charge is 0.341 e. The molecule has 34 heavy (non-hydrogen) atoms. The molecule has 0 spiro atoms. The molecule has 1 aliphatic carbocycles. The number of methoxy groups -OCH3 is 1. The molecule has 2 heterocycles. The molecule has 1 unspecified atom stereocenters. The van der Waals surface area contributed by atoms with E-state index in [-0.39, 0.29) is 30.2 Å². The molecule has 1 aliphatic heterocycles. The molecular weight excluding hydrogens is 457 g/mol. The summed E-state index contributed by atoms with van der Waals surface area (Å²) in [5.74, 6) is -0.600. The second-order valence-electron chi connectivity index (χ2n) is 9.13. The first kappa shape index (κ1) is 24.3. The van der Waals surface area contributed by atoms with E-state index in [9.17, 15) is 18.8 Å². The average molecular weight is 488 g/mol. The van der Waals surface area contributed by atoms with Crippen molar-refractivity contribution in [3.63, 3.8) is 0 Å². The molecule has 2 aliphatic rings. The second-order valence-corrected chi connectivity index (χ2v) is 10.2. The van der Waals surface area contributed by atoms with Crippen molar-refractivity contribution in [1.82, 2.24) is 10.2 Å². The SMILES string of the molecule is COC(=O)c1c(NC(=O)CN2CCC(NC(=O)c3ccc(F)cc3)CC2)sc2c1CCC(C)C2. The molecule has 182 valence electrons. The number of nitrogens with zero attached hydrogens (tertiary/aromatic N) is 1. The van der Waals surface area contributed by atoms with E-state index < -0.39 is 5.97 Å². The van der Waals surface area contributed by atoms with Gasteiger partial charge in [0, 0.05) is 29.6 Å². The predicted molar refractivity (Wildman–Crippen MR) is 129 cm³/mol. The van der Waals surface area contributed by atoms with Crippen molar-refractivity contribution >= 4 is 34.1 Å². The number of nitrogens with one attached hydrogen (secondary N) is 2. The maximum Gasteiger partial charge on any atom is 0.341 e. The Morgan fingerprint density at radius 2 is 1.85 bits per heavy atom. The van der Waals surface area contributed by atoms with Crippen molar-refractivity contribution in [2.24, 2.45) is 5.92 Å². The number of fused-ring (bicyclic) bond motifs is 1. The highest BCUT2D eigenvalue weighted by molar-refractivity contribution is 7.17. The number of thiophene rings is 1. The molecule has 1 atom stereocenters. The van der Waals surface area contributed by atoms with Gasteiger partial charge in [0.15, 0.2) is 0 Å². The maximum atomic E-state index is 13.1. The summed E-state index contributed by atoms with van der Waals surface area (Å²) in [5, 5.41) is 6.52.